The lowest BCUT2D eigenvalue weighted by Crippen LogP contribution is -2.49. The molecule has 10 heavy (non-hydrogen) atoms. The third-order valence-electron chi connectivity index (χ3n) is 1.76. The molecule has 0 saturated carbocycles. The van der Waals surface area contributed by atoms with Crippen molar-refractivity contribution in [3.8, 4) is 0 Å². The summed E-state index contributed by atoms with van der Waals surface area (Å²) < 4.78 is 0. The highest BCUT2D eigenvalue weighted by atomic mass is 15.3. The van der Waals surface area contributed by atoms with Crippen molar-refractivity contribution in [2.75, 3.05) is 20.6 Å². The van der Waals surface area contributed by atoms with Crippen LogP contribution in [0.4, 0.5) is 0 Å². The fourth-order valence-electron chi connectivity index (χ4n) is 0.918. The number of hydrogen-bond acceptors (Lipinski definition) is 4. The van der Waals surface area contributed by atoms with Crippen LogP contribution in [0.3, 0.4) is 0 Å². The summed E-state index contributed by atoms with van der Waals surface area (Å²) in [5.74, 6) is 0.768. The number of hydrogen-bond donors (Lipinski definition) is 2. The molecule has 0 saturated heterocycles. The molecule has 4 nitrogen and oxygen atoms in total. The van der Waals surface area contributed by atoms with E-state index in [2.05, 4.69) is 0 Å². The summed E-state index contributed by atoms with van der Waals surface area (Å²) in [6, 6.07) is 0. The Labute approximate surface area is 61.1 Å². The van der Waals surface area contributed by atoms with Gasteiger partial charge in [0.15, 0.2) is 0 Å². The molecule has 0 radical (unpaired) electrons. The number of likely N-dealkylation sites (N-methyl/N-ethyl adjacent to an activating group) is 2. The van der Waals surface area contributed by atoms with E-state index in [1.54, 1.807) is 0 Å². The van der Waals surface area contributed by atoms with Crippen LogP contribution in [0, 0.1) is 0 Å². The molecule has 58 valence electrons. The first-order valence-electron chi connectivity index (χ1n) is 3.27. The van der Waals surface area contributed by atoms with Gasteiger partial charge < -0.3 is 21.3 Å². The lowest BCUT2D eigenvalue weighted by Gasteiger charge is -2.34. The summed E-state index contributed by atoms with van der Waals surface area (Å²) in [5, 5.41) is 0. The first kappa shape index (κ1) is 7.21. The van der Waals surface area contributed by atoms with Crippen LogP contribution >= 0.6 is 0 Å². The summed E-state index contributed by atoms with van der Waals surface area (Å²) in [6.45, 7) is 0.791. The average molecular weight is 142 g/mol. The average Bonchev–Trinajstić information content (AvgIpc) is 1.84. The van der Waals surface area contributed by atoms with Gasteiger partial charge in [0, 0.05) is 20.3 Å². The van der Waals surface area contributed by atoms with E-state index in [0.29, 0.717) is 0 Å². The van der Waals surface area contributed by atoms with Gasteiger partial charge in [-0.1, -0.05) is 0 Å². The van der Waals surface area contributed by atoms with Crippen molar-refractivity contribution in [1.29, 1.82) is 0 Å². The second kappa shape index (κ2) is 2.38. The summed E-state index contributed by atoms with van der Waals surface area (Å²) >= 11 is 0. The van der Waals surface area contributed by atoms with E-state index in [4.69, 9.17) is 11.5 Å². The van der Waals surface area contributed by atoms with Gasteiger partial charge in [-0.05, 0) is 0 Å². The molecule has 1 atom stereocenters. The Kier molecular flexibility index (Phi) is 1.72. The Bertz CT molecular complexity index is 154. The normalized spacial score (nSPS) is 26.7. The molecule has 1 aliphatic heterocycles. The fourth-order valence-corrected chi connectivity index (χ4v) is 0.918. The number of nitrogens with two attached hydrogens (primary N) is 2. The van der Waals surface area contributed by atoms with E-state index >= 15 is 0 Å². The monoisotopic (exact) mass is 142 g/mol. The highest BCUT2D eigenvalue weighted by Crippen LogP contribution is 2.05. The lowest BCUT2D eigenvalue weighted by molar-refractivity contribution is 0.220. The van der Waals surface area contributed by atoms with Crippen molar-refractivity contribution >= 4 is 0 Å². The minimum Gasteiger partial charge on any atom is -0.384 e. The van der Waals surface area contributed by atoms with Crippen molar-refractivity contribution in [3.63, 3.8) is 0 Å². The summed E-state index contributed by atoms with van der Waals surface area (Å²) in [6.07, 6.45) is 1.91. The standard InChI is InChI=1S/C6H14N4/c1-9-3-6(8)10(2)4-5(9)7/h3,5H,4,7-8H2,1-2H3. The van der Waals surface area contributed by atoms with Crippen LogP contribution in [-0.4, -0.2) is 36.6 Å². The van der Waals surface area contributed by atoms with Crippen molar-refractivity contribution in [3.05, 3.63) is 12.0 Å². The SMILES string of the molecule is CN1CC(N)N(C)C=C1N. The van der Waals surface area contributed by atoms with Crippen molar-refractivity contribution < 1.29 is 0 Å². The van der Waals surface area contributed by atoms with Gasteiger partial charge in [-0.15, -0.1) is 0 Å². The summed E-state index contributed by atoms with van der Waals surface area (Å²) in [4.78, 5) is 3.85. The molecule has 4 heteroatoms. The van der Waals surface area contributed by atoms with Crippen LogP contribution in [0.25, 0.3) is 0 Å². The highest BCUT2D eigenvalue weighted by molar-refractivity contribution is 5.00. The largest absolute Gasteiger partial charge is 0.384 e. The molecule has 1 rings (SSSR count). The maximum absolute atomic E-state index is 5.72. The van der Waals surface area contributed by atoms with Crippen LogP contribution in [0.15, 0.2) is 12.0 Å². The molecule has 0 aromatic carbocycles. The Balaban J connectivity index is 2.69. The summed E-state index contributed by atoms with van der Waals surface area (Å²) in [7, 11) is 3.85. The molecule has 0 spiro atoms. The van der Waals surface area contributed by atoms with Gasteiger partial charge in [0.25, 0.3) is 0 Å². The van der Waals surface area contributed by atoms with Crippen LogP contribution in [0.1, 0.15) is 0 Å². The smallest absolute Gasteiger partial charge is 0.115 e. The molecule has 0 aromatic rings. The van der Waals surface area contributed by atoms with E-state index in [-0.39, 0.29) is 6.17 Å². The first-order valence-corrected chi connectivity index (χ1v) is 3.27. The van der Waals surface area contributed by atoms with Gasteiger partial charge in [0.2, 0.25) is 0 Å². The molecule has 0 bridgehead atoms. The highest BCUT2D eigenvalue weighted by Gasteiger charge is 2.16. The maximum Gasteiger partial charge on any atom is 0.115 e. The van der Waals surface area contributed by atoms with Crippen LogP contribution in [-0.2, 0) is 0 Å². The Morgan fingerprint density at radius 3 is 2.70 bits per heavy atom. The number of rotatable bonds is 0. The minimum atomic E-state index is 0.0669. The van der Waals surface area contributed by atoms with E-state index in [0.717, 1.165) is 12.4 Å². The van der Waals surface area contributed by atoms with Gasteiger partial charge in [0.05, 0.1) is 12.7 Å². The zero-order chi connectivity index (χ0) is 7.72. The Morgan fingerprint density at radius 1 is 1.60 bits per heavy atom. The summed E-state index contributed by atoms with van der Waals surface area (Å²) in [5.41, 5.74) is 11.3. The van der Waals surface area contributed by atoms with Crippen LogP contribution in [0.2, 0.25) is 0 Å². The second-order valence-electron chi connectivity index (χ2n) is 2.67. The maximum atomic E-state index is 5.72. The minimum absolute atomic E-state index is 0.0669. The van der Waals surface area contributed by atoms with Gasteiger partial charge in [-0.25, -0.2) is 0 Å². The lowest BCUT2D eigenvalue weighted by atomic mass is 10.3. The third-order valence-corrected chi connectivity index (χ3v) is 1.76. The molecule has 4 N–H and O–H groups in total. The molecule has 0 aromatic heterocycles. The van der Waals surface area contributed by atoms with Gasteiger partial charge >= 0.3 is 0 Å². The van der Waals surface area contributed by atoms with E-state index in [1.165, 1.54) is 0 Å². The zero-order valence-corrected chi connectivity index (χ0v) is 6.41. The fraction of sp³-hybridized carbons (Fsp3) is 0.667. The molecular weight excluding hydrogens is 128 g/mol. The zero-order valence-electron chi connectivity index (χ0n) is 6.41. The first-order chi connectivity index (χ1) is 4.61. The number of nitrogens with zero attached hydrogens (tertiary/aromatic N) is 2. The van der Waals surface area contributed by atoms with Gasteiger partial charge in [-0.2, -0.15) is 0 Å². The van der Waals surface area contributed by atoms with Crippen LogP contribution < -0.4 is 11.5 Å². The van der Waals surface area contributed by atoms with Crippen molar-refractivity contribution in [2.45, 2.75) is 6.17 Å². The Morgan fingerprint density at radius 2 is 2.20 bits per heavy atom. The van der Waals surface area contributed by atoms with Crippen molar-refractivity contribution in [1.82, 2.24) is 9.80 Å². The van der Waals surface area contributed by atoms with Crippen LogP contribution in [0.5, 0.6) is 0 Å². The molecule has 1 unspecified atom stereocenters. The topological polar surface area (TPSA) is 58.5 Å². The van der Waals surface area contributed by atoms with E-state index < -0.39 is 0 Å². The Hall–Kier alpha value is -0.900. The quantitative estimate of drug-likeness (QED) is 0.451. The second-order valence-corrected chi connectivity index (χ2v) is 2.67. The third kappa shape index (κ3) is 1.16. The molecule has 0 aliphatic carbocycles. The predicted molar refractivity (Wildman–Crippen MR) is 40.6 cm³/mol. The molecule has 1 heterocycles. The molecule has 0 amide bonds. The van der Waals surface area contributed by atoms with Crippen molar-refractivity contribution in [2.24, 2.45) is 11.5 Å². The van der Waals surface area contributed by atoms with Gasteiger partial charge in [-0.3, -0.25) is 0 Å². The molecule has 0 fully saturated rings. The van der Waals surface area contributed by atoms with Gasteiger partial charge in [0.1, 0.15) is 5.82 Å². The van der Waals surface area contributed by atoms with E-state index in [1.807, 2.05) is 30.1 Å². The van der Waals surface area contributed by atoms with E-state index in [9.17, 15) is 0 Å². The molecular formula is C6H14N4. The molecule has 1 aliphatic rings. The predicted octanol–water partition coefficient (Wildman–Crippen LogP) is -1.09.